The minimum atomic E-state index is -3.82. The summed E-state index contributed by atoms with van der Waals surface area (Å²) in [6, 6.07) is 4.59. The second kappa shape index (κ2) is 12.3. The number of ether oxygens (including phenoxy) is 1. The maximum absolute atomic E-state index is 13.6. The molecule has 39 heavy (non-hydrogen) atoms. The van der Waals surface area contributed by atoms with Gasteiger partial charge < -0.3 is 24.9 Å². The summed E-state index contributed by atoms with van der Waals surface area (Å²) in [6.45, 7) is 8.61. The van der Waals surface area contributed by atoms with Crippen LogP contribution in [-0.4, -0.2) is 94.7 Å². The van der Waals surface area contributed by atoms with Crippen LogP contribution in [0.2, 0.25) is 0 Å². The number of hydrogen-bond acceptors (Lipinski definition) is 9. The molecular weight excluding hydrogens is 524 g/mol. The Morgan fingerprint density at radius 1 is 1.21 bits per heavy atom. The zero-order valence-electron chi connectivity index (χ0n) is 22.6. The summed E-state index contributed by atoms with van der Waals surface area (Å²) in [4.78, 5) is 18.3. The van der Waals surface area contributed by atoms with E-state index in [2.05, 4.69) is 15.0 Å². The molecule has 0 spiro atoms. The average Bonchev–Trinajstić information content (AvgIpc) is 3.19. The third-order valence-corrected chi connectivity index (χ3v) is 8.86. The summed E-state index contributed by atoms with van der Waals surface area (Å²) in [7, 11) is -3.82. The van der Waals surface area contributed by atoms with Gasteiger partial charge in [-0.1, -0.05) is 18.5 Å². The highest BCUT2D eigenvalue weighted by atomic mass is 32.2. The van der Waals surface area contributed by atoms with E-state index in [0.717, 1.165) is 18.7 Å². The minimum absolute atomic E-state index is 0.0816. The van der Waals surface area contributed by atoms with Crippen LogP contribution in [0.15, 0.2) is 33.0 Å². The minimum Gasteiger partial charge on any atom is -0.493 e. The molecule has 0 bridgehead atoms. The van der Waals surface area contributed by atoms with Crippen LogP contribution in [0.1, 0.15) is 43.5 Å². The Morgan fingerprint density at radius 2 is 1.95 bits per heavy atom. The Labute approximate surface area is 227 Å². The number of oxime groups is 1. The Kier molecular flexibility index (Phi) is 9.05. The SMILES string of the molecule is CCCc1c(/C=N/O)c(C)c2c(=O)[nH]c(-c3cc(S(=O)(=O)N4CCN(CCCO)CC4)ccc3OCC)nn12. The topological polar surface area (TPSA) is 153 Å². The summed E-state index contributed by atoms with van der Waals surface area (Å²) in [6.07, 6.45) is 3.31. The Bertz CT molecular complexity index is 1510. The van der Waals surface area contributed by atoms with E-state index in [1.54, 1.807) is 17.5 Å². The molecule has 0 saturated carbocycles. The van der Waals surface area contributed by atoms with E-state index >= 15 is 0 Å². The molecule has 13 heteroatoms. The number of nitrogens with one attached hydrogen (secondary N) is 1. The van der Waals surface area contributed by atoms with Gasteiger partial charge in [0, 0.05) is 44.9 Å². The van der Waals surface area contributed by atoms with Crippen LogP contribution >= 0.6 is 0 Å². The van der Waals surface area contributed by atoms with E-state index in [-0.39, 0.29) is 17.3 Å². The van der Waals surface area contributed by atoms with E-state index in [1.165, 1.54) is 22.7 Å². The smallest absolute Gasteiger partial charge is 0.275 e. The summed E-state index contributed by atoms with van der Waals surface area (Å²) < 4.78 is 36.0. The number of aliphatic hydroxyl groups excluding tert-OH is 1. The number of aryl methyl sites for hydroxylation is 2. The highest BCUT2D eigenvalue weighted by molar-refractivity contribution is 7.89. The number of fused-ring (bicyclic) bond motifs is 1. The number of aromatic amines is 1. The first kappa shape index (κ1) is 28.7. The van der Waals surface area contributed by atoms with Crippen molar-refractivity contribution in [3.63, 3.8) is 0 Å². The number of rotatable bonds is 11. The van der Waals surface area contributed by atoms with Gasteiger partial charge in [0.15, 0.2) is 5.82 Å². The lowest BCUT2D eigenvalue weighted by molar-refractivity contribution is 0.171. The van der Waals surface area contributed by atoms with Crippen molar-refractivity contribution in [3.8, 4) is 17.1 Å². The predicted molar refractivity (Wildman–Crippen MR) is 147 cm³/mol. The predicted octanol–water partition coefficient (Wildman–Crippen LogP) is 1.85. The zero-order valence-corrected chi connectivity index (χ0v) is 23.4. The largest absolute Gasteiger partial charge is 0.493 e. The number of hydrogen-bond donors (Lipinski definition) is 3. The summed E-state index contributed by atoms with van der Waals surface area (Å²) >= 11 is 0. The van der Waals surface area contributed by atoms with Gasteiger partial charge >= 0.3 is 0 Å². The Hall–Kier alpha value is -3.26. The van der Waals surface area contributed by atoms with Crippen LogP contribution in [0, 0.1) is 6.92 Å². The van der Waals surface area contributed by atoms with Gasteiger partial charge in [-0.15, -0.1) is 5.10 Å². The Morgan fingerprint density at radius 3 is 2.59 bits per heavy atom. The normalized spacial score (nSPS) is 15.5. The molecule has 3 N–H and O–H groups in total. The maximum Gasteiger partial charge on any atom is 0.275 e. The van der Waals surface area contributed by atoms with Gasteiger partial charge in [-0.25, -0.2) is 12.9 Å². The van der Waals surface area contributed by atoms with Gasteiger partial charge in [-0.05, 0) is 50.5 Å². The van der Waals surface area contributed by atoms with E-state index in [9.17, 15) is 18.4 Å². The third kappa shape index (κ3) is 5.71. The molecule has 212 valence electrons. The molecule has 0 unspecified atom stereocenters. The molecule has 1 aromatic carbocycles. The molecular formula is C26H36N6O6S. The fourth-order valence-corrected chi connectivity index (χ4v) is 6.47. The zero-order chi connectivity index (χ0) is 28.2. The first-order chi connectivity index (χ1) is 18.8. The molecule has 0 atom stereocenters. The van der Waals surface area contributed by atoms with Gasteiger partial charge in [-0.2, -0.15) is 4.31 Å². The lowest BCUT2D eigenvalue weighted by Gasteiger charge is -2.33. The van der Waals surface area contributed by atoms with Crippen molar-refractivity contribution in [1.82, 2.24) is 23.8 Å². The number of H-pyrrole nitrogens is 1. The summed E-state index contributed by atoms with van der Waals surface area (Å²) in [5.41, 5.74) is 2.26. The van der Waals surface area contributed by atoms with Gasteiger partial charge in [0.25, 0.3) is 5.56 Å². The van der Waals surface area contributed by atoms with E-state index in [4.69, 9.17) is 14.9 Å². The summed E-state index contributed by atoms with van der Waals surface area (Å²) in [5, 5.41) is 26.1. The quantitative estimate of drug-likeness (QED) is 0.182. The molecule has 0 aliphatic carbocycles. The van der Waals surface area contributed by atoms with Crippen molar-refractivity contribution in [2.24, 2.45) is 5.16 Å². The van der Waals surface area contributed by atoms with Crippen molar-refractivity contribution in [2.75, 3.05) is 45.9 Å². The fraction of sp³-hybridized carbons (Fsp3) is 0.500. The third-order valence-electron chi connectivity index (χ3n) is 6.97. The fourth-order valence-electron chi connectivity index (χ4n) is 5.02. The van der Waals surface area contributed by atoms with E-state index < -0.39 is 15.6 Å². The van der Waals surface area contributed by atoms with Crippen LogP contribution in [0.25, 0.3) is 16.9 Å². The first-order valence-electron chi connectivity index (χ1n) is 13.2. The van der Waals surface area contributed by atoms with Crippen molar-refractivity contribution < 1.29 is 23.5 Å². The Balaban J connectivity index is 1.79. The van der Waals surface area contributed by atoms with Crippen molar-refractivity contribution >= 4 is 21.8 Å². The molecule has 1 fully saturated rings. The number of nitrogens with zero attached hydrogens (tertiary/aromatic N) is 5. The van der Waals surface area contributed by atoms with Crippen LogP contribution in [0.3, 0.4) is 0 Å². The van der Waals surface area contributed by atoms with Gasteiger partial charge in [-0.3, -0.25) is 4.79 Å². The van der Waals surface area contributed by atoms with Crippen molar-refractivity contribution in [3.05, 3.63) is 45.4 Å². The van der Waals surface area contributed by atoms with Crippen LogP contribution < -0.4 is 10.3 Å². The van der Waals surface area contributed by atoms with E-state index in [1.807, 2.05) is 13.8 Å². The lowest BCUT2D eigenvalue weighted by Crippen LogP contribution is -2.48. The highest BCUT2D eigenvalue weighted by Gasteiger charge is 2.30. The molecule has 3 heterocycles. The van der Waals surface area contributed by atoms with Gasteiger partial charge in [0.2, 0.25) is 10.0 Å². The number of piperazine rings is 1. The monoisotopic (exact) mass is 560 g/mol. The molecule has 2 aromatic heterocycles. The molecule has 1 aliphatic heterocycles. The highest BCUT2D eigenvalue weighted by Crippen LogP contribution is 2.32. The summed E-state index contributed by atoms with van der Waals surface area (Å²) in [5.74, 6) is 0.562. The number of aromatic nitrogens is 3. The average molecular weight is 561 g/mol. The maximum atomic E-state index is 13.6. The molecule has 0 radical (unpaired) electrons. The molecule has 0 amide bonds. The number of aliphatic hydroxyl groups is 1. The molecule has 3 aromatic rings. The van der Waals surface area contributed by atoms with Crippen LogP contribution in [-0.2, 0) is 16.4 Å². The first-order valence-corrected chi connectivity index (χ1v) is 14.6. The van der Waals surface area contributed by atoms with Gasteiger partial charge in [0.05, 0.1) is 29.0 Å². The second-order valence-corrected chi connectivity index (χ2v) is 11.4. The van der Waals surface area contributed by atoms with Crippen molar-refractivity contribution in [1.29, 1.82) is 0 Å². The number of sulfonamides is 1. The number of benzene rings is 1. The molecule has 4 rings (SSSR count). The standard InChI is InChI=1S/C26H36N6O6S/c1-4-7-22-21(17-27-35)18(3)24-26(34)28-25(29-32(22)24)20-16-19(8-9-23(20)38-5-2)39(36,37)31-13-11-30(12-14-31)10-6-15-33/h8-9,16-17,33,35H,4-7,10-15H2,1-3H3,(H,28,29,34)/b27-17+. The van der Waals surface area contributed by atoms with Crippen LogP contribution in [0.5, 0.6) is 5.75 Å². The van der Waals surface area contributed by atoms with Crippen molar-refractivity contribution in [2.45, 2.75) is 44.9 Å². The second-order valence-electron chi connectivity index (χ2n) is 9.46. The van der Waals surface area contributed by atoms with E-state index in [0.29, 0.717) is 73.6 Å². The molecule has 1 aliphatic rings. The molecule has 12 nitrogen and oxygen atoms in total. The van der Waals surface area contributed by atoms with Gasteiger partial charge in [0.1, 0.15) is 11.3 Å². The van der Waals surface area contributed by atoms with Crippen LogP contribution in [0.4, 0.5) is 0 Å². The lowest BCUT2D eigenvalue weighted by atomic mass is 10.1. The molecule has 1 saturated heterocycles.